The van der Waals surface area contributed by atoms with Crippen molar-refractivity contribution in [2.45, 2.75) is 20.4 Å². The fourth-order valence-electron chi connectivity index (χ4n) is 1.70. The van der Waals surface area contributed by atoms with Crippen LogP contribution in [0.4, 0.5) is 0 Å². The predicted molar refractivity (Wildman–Crippen MR) is 64.4 cm³/mol. The number of nitrogens with one attached hydrogen (secondary N) is 1. The smallest absolute Gasteiger partial charge is 0.406 e. The molecule has 0 radical (unpaired) electrons. The number of carbonyl (C=O) groups excluding carboxylic acids is 1. The molecule has 18 heavy (non-hydrogen) atoms. The first-order valence-corrected chi connectivity index (χ1v) is 5.41. The van der Waals surface area contributed by atoms with Gasteiger partial charge in [-0.15, -0.1) is 0 Å². The van der Waals surface area contributed by atoms with Gasteiger partial charge in [0.05, 0.1) is 5.41 Å². The Hall–Kier alpha value is -2.15. The van der Waals surface area contributed by atoms with Crippen molar-refractivity contribution in [3.63, 3.8) is 0 Å². The summed E-state index contributed by atoms with van der Waals surface area (Å²) in [5.41, 5.74) is 2.05. The topological polar surface area (TPSA) is 103 Å². The Morgan fingerprint density at radius 3 is 3.00 bits per heavy atom. The fraction of sp³-hybridized carbons (Fsp3) is 0.364. The van der Waals surface area contributed by atoms with E-state index in [1.54, 1.807) is 32.2 Å². The monoisotopic (exact) mass is 250 g/mol. The molecule has 0 saturated carbocycles. The molecule has 7 nitrogen and oxygen atoms in total. The normalized spacial score (nSPS) is 11.7. The van der Waals surface area contributed by atoms with Gasteiger partial charge in [0.1, 0.15) is 0 Å². The Balaban J connectivity index is 2.46. The molecule has 0 aliphatic heterocycles. The third-order valence-electron chi connectivity index (χ3n) is 2.72. The van der Waals surface area contributed by atoms with Crippen molar-refractivity contribution in [1.82, 2.24) is 15.0 Å². The number of oxazole rings is 1. The van der Waals surface area contributed by atoms with Gasteiger partial charge in [0.15, 0.2) is 11.2 Å². The van der Waals surface area contributed by atoms with Crippen molar-refractivity contribution in [1.29, 1.82) is 0 Å². The minimum Gasteiger partial charge on any atom is -0.406 e. The number of aromatic nitrogens is 2. The number of hydrogen-bond acceptors (Lipinski definition) is 5. The lowest BCUT2D eigenvalue weighted by molar-refractivity contribution is -0.130. The van der Waals surface area contributed by atoms with Crippen molar-refractivity contribution >= 4 is 17.1 Å². The Labute approximate surface area is 103 Å². The molecule has 7 heteroatoms. The minimum absolute atomic E-state index is 0.138. The highest BCUT2D eigenvalue weighted by Crippen LogP contribution is 2.19. The van der Waals surface area contributed by atoms with Crippen molar-refractivity contribution in [3.05, 3.63) is 28.9 Å². The number of hydrogen-bond donors (Lipinski definition) is 2. The Kier molecular flexibility index (Phi) is 2.92. The van der Waals surface area contributed by atoms with E-state index in [1.807, 2.05) is 0 Å². The maximum atomic E-state index is 11.7. The highest BCUT2D eigenvalue weighted by atomic mass is 16.4. The van der Waals surface area contributed by atoms with Crippen LogP contribution in [0.5, 0.6) is 0 Å². The second-order valence-corrected chi connectivity index (χ2v) is 4.64. The number of pyridine rings is 1. The number of carbonyl (C=O) groups is 1. The van der Waals surface area contributed by atoms with Crippen LogP contribution in [0, 0.1) is 5.41 Å². The zero-order valence-corrected chi connectivity index (χ0v) is 10.1. The van der Waals surface area contributed by atoms with Gasteiger partial charge in [-0.3, -0.25) is 14.8 Å². The summed E-state index contributed by atoms with van der Waals surface area (Å²) in [5.74, 6) is 4.21. The molecule has 0 saturated heterocycles. The summed E-state index contributed by atoms with van der Waals surface area (Å²) >= 11 is 0. The first-order chi connectivity index (χ1) is 8.45. The lowest BCUT2D eigenvalue weighted by atomic mass is 9.92. The van der Waals surface area contributed by atoms with Gasteiger partial charge >= 0.3 is 5.76 Å². The van der Waals surface area contributed by atoms with Crippen molar-refractivity contribution < 1.29 is 9.21 Å². The molecule has 0 aliphatic rings. The minimum atomic E-state index is -0.840. The second-order valence-electron chi connectivity index (χ2n) is 4.64. The summed E-state index contributed by atoms with van der Waals surface area (Å²) in [5, 5.41) is 0. The maximum absolute atomic E-state index is 11.7. The molecule has 0 fully saturated rings. The first-order valence-electron chi connectivity index (χ1n) is 5.41. The Bertz CT molecular complexity index is 641. The van der Waals surface area contributed by atoms with Crippen molar-refractivity contribution in [2.24, 2.45) is 11.3 Å². The molecule has 0 unspecified atom stereocenters. The number of fused-ring (bicyclic) bond motifs is 1. The molecule has 3 N–H and O–H groups in total. The zero-order valence-electron chi connectivity index (χ0n) is 10.1. The van der Waals surface area contributed by atoms with Crippen LogP contribution < -0.4 is 17.0 Å². The fourth-order valence-corrected chi connectivity index (χ4v) is 1.70. The molecule has 0 aromatic carbocycles. The molecule has 2 aromatic heterocycles. The number of nitrogens with zero attached hydrogens (tertiary/aromatic N) is 2. The van der Waals surface area contributed by atoms with Gasteiger partial charge in [-0.1, -0.05) is 0 Å². The van der Waals surface area contributed by atoms with E-state index in [0.29, 0.717) is 11.2 Å². The van der Waals surface area contributed by atoms with E-state index in [2.05, 4.69) is 10.4 Å². The summed E-state index contributed by atoms with van der Waals surface area (Å²) in [7, 11) is 0. The van der Waals surface area contributed by atoms with E-state index in [0.717, 1.165) is 0 Å². The zero-order chi connectivity index (χ0) is 13.3. The molecule has 2 rings (SSSR count). The van der Waals surface area contributed by atoms with E-state index in [9.17, 15) is 9.59 Å². The molecular formula is C11H14N4O3. The summed E-state index contributed by atoms with van der Waals surface area (Å²) in [4.78, 5) is 27.4. The van der Waals surface area contributed by atoms with Gasteiger partial charge in [0, 0.05) is 12.7 Å². The molecule has 0 spiro atoms. The van der Waals surface area contributed by atoms with E-state index in [-0.39, 0.29) is 12.5 Å². The molecule has 96 valence electrons. The number of amides is 1. The lowest BCUT2D eigenvalue weighted by Gasteiger charge is -2.21. The highest BCUT2D eigenvalue weighted by molar-refractivity contribution is 5.81. The molecule has 0 aliphatic carbocycles. The average molecular weight is 250 g/mol. The first kappa shape index (κ1) is 12.3. The number of rotatable bonds is 3. The largest absolute Gasteiger partial charge is 0.421 e. The van der Waals surface area contributed by atoms with Crippen LogP contribution in [0.2, 0.25) is 0 Å². The highest BCUT2D eigenvalue weighted by Gasteiger charge is 2.29. The summed E-state index contributed by atoms with van der Waals surface area (Å²) in [6.07, 6.45) is 1.56. The quantitative estimate of drug-likeness (QED) is 0.453. The molecule has 2 aromatic rings. The maximum Gasteiger partial charge on any atom is 0.421 e. The number of hydrazine groups is 1. The van der Waals surface area contributed by atoms with Crippen LogP contribution in [0.1, 0.15) is 13.8 Å². The molecule has 0 bridgehead atoms. The summed E-state index contributed by atoms with van der Waals surface area (Å²) in [6.45, 7) is 3.51. The molecule has 1 amide bonds. The van der Waals surface area contributed by atoms with Crippen LogP contribution in [-0.4, -0.2) is 15.5 Å². The van der Waals surface area contributed by atoms with E-state index in [4.69, 9.17) is 10.3 Å². The van der Waals surface area contributed by atoms with Gasteiger partial charge in [0.25, 0.3) is 0 Å². The van der Waals surface area contributed by atoms with Crippen LogP contribution in [0.15, 0.2) is 27.5 Å². The van der Waals surface area contributed by atoms with E-state index < -0.39 is 11.2 Å². The van der Waals surface area contributed by atoms with Crippen LogP contribution in [0.3, 0.4) is 0 Å². The average Bonchev–Trinajstić information content (AvgIpc) is 2.65. The lowest BCUT2D eigenvalue weighted by Crippen LogP contribution is -2.44. The van der Waals surface area contributed by atoms with Gasteiger partial charge in [-0.25, -0.2) is 15.6 Å². The van der Waals surface area contributed by atoms with Crippen molar-refractivity contribution in [3.8, 4) is 0 Å². The predicted octanol–water partition coefficient (Wildman–Crippen LogP) is 0.00560. The standard InChI is InChI=1S/C11H14N4O3/c1-11(2,9(16)14-12)6-15-8-7(18-10(15)17)4-3-5-13-8/h3-5H,6,12H2,1-2H3,(H,14,16). The second kappa shape index (κ2) is 4.26. The Morgan fingerprint density at radius 2 is 2.33 bits per heavy atom. The summed E-state index contributed by atoms with van der Waals surface area (Å²) in [6, 6.07) is 3.32. The van der Waals surface area contributed by atoms with Gasteiger partial charge in [-0.2, -0.15) is 0 Å². The van der Waals surface area contributed by atoms with Crippen molar-refractivity contribution in [2.75, 3.05) is 0 Å². The van der Waals surface area contributed by atoms with Gasteiger partial charge in [-0.05, 0) is 26.0 Å². The van der Waals surface area contributed by atoms with Gasteiger partial charge < -0.3 is 4.42 Å². The Morgan fingerprint density at radius 1 is 1.61 bits per heavy atom. The number of nitrogens with two attached hydrogens (primary N) is 1. The third-order valence-corrected chi connectivity index (χ3v) is 2.72. The van der Waals surface area contributed by atoms with Crippen LogP contribution in [0.25, 0.3) is 11.2 Å². The van der Waals surface area contributed by atoms with Crippen LogP contribution >= 0.6 is 0 Å². The summed E-state index contributed by atoms with van der Waals surface area (Å²) < 4.78 is 6.36. The molecule has 2 heterocycles. The molecule has 0 atom stereocenters. The van der Waals surface area contributed by atoms with Gasteiger partial charge in [0.2, 0.25) is 5.91 Å². The molecular weight excluding hydrogens is 236 g/mol. The third kappa shape index (κ3) is 2.00. The van der Waals surface area contributed by atoms with E-state index >= 15 is 0 Å². The SMILES string of the molecule is CC(C)(Cn1c(=O)oc2cccnc21)C(=O)NN. The van der Waals surface area contributed by atoms with Crippen LogP contribution in [-0.2, 0) is 11.3 Å². The van der Waals surface area contributed by atoms with E-state index in [1.165, 1.54) is 4.57 Å².